The third-order valence-corrected chi connectivity index (χ3v) is 1.81. The summed E-state index contributed by atoms with van der Waals surface area (Å²) < 4.78 is 4.37. The number of thioether (sulfide) groups is 1. The molecule has 0 aromatic rings. The van der Waals surface area contributed by atoms with Crippen LogP contribution < -0.4 is 5.32 Å². The molecule has 1 N–H and O–H groups in total. The number of amides is 1. The van der Waals surface area contributed by atoms with E-state index in [1.165, 1.54) is 7.11 Å². The molecule has 4 heteroatoms. The number of hydrogen-bond donors (Lipinski definition) is 1. The Bertz CT molecular complexity index is 97.7. The predicted octanol–water partition coefficient (Wildman–Crippen LogP) is 1.10. The molecule has 0 aliphatic rings. The van der Waals surface area contributed by atoms with E-state index in [1.54, 1.807) is 11.8 Å². The molecule has 0 unspecified atom stereocenters. The Morgan fingerprint density at radius 1 is 1.70 bits per heavy atom. The summed E-state index contributed by atoms with van der Waals surface area (Å²) in [6.45, 7) is 2.77. The standard InChI is InChI=1S/C6H13NO2S/c1-3-10-5-4-7-6(8)9-2/h3-5H2,1-2H3,(H,7,8). The molecule has 0 saturated heterocycles. The van der Waals surface area contributed by atoms with Crippen LogP contribution in [0.5, 0.6) is 0 Å². The zero-order chi connectivity index (χ0) is 7.82. The number of alkyl carbamates (subject to hydrolysis) is 1. The Morgan fingerprint density at radius 3 is 2.90 bits per heavy atom. The molecule has 1 amide bonds. The van der Waals surface area contributed by atoms with Gasteiger partial charge in [0.15, 0.2) is 0 Å². The molecule has 0 rings (SSSR count). The number of rotatable bonds is 4. The van der Waals surface area contributed by atoms with Crippen LogP contribution in [0.2, 0.25) is 0 Å². The van der Waals surface area contributed by atoms with Crippen LogP contribution in [0.25, 0.3) is 0 Å². The minimum atomic E-state index is -0.350. The van der Waals surface area contributed by atoms with E-state index in [0.717, 1.165) is 11.5 Å². The van der Waals surface area contributed by atoms with Crippen LogP contribution in [0.15, 0.2) is 0 Å². The number of ether oxygens (including phenoxy) is 1. The van der Waals surface area contributed by atoms with E-state index in [4.69, 9.17) is 0 Å². The van der Waals surface area contributed by atoms with Gasteiger partial charge < -0.3 is 10.1 Å². The van der Waals surface area contributed by atoms with Crippen LogP contribution in [0.4, 0.5) is 4.79 Å². The largest absolute Gasteiger partial charge is 0.453 e. The average molecular weight is 163 g/mol. The second kappa shape index (κ2) is 6.74. The van der Waals surface area contributed by atoms with Crippen molar-refractivity contribution >= 4 is 17.9 Å². The first-order chi connectivity index (χ1) is 4.81. The van der Waals surface area contributed by atoms with E-state index in [2.05, 4.69) is 17.0 Å². The molecular formula is C6H13NO2S. The third-order valence-electron chi connectivity index (χ3n) is 0.905. The smallest absolute Gasteiger partial charge is 0.406 e. The Morgan fingerprint density at radius 2 is 2.40 bits per heavy atom. The lowest BCUT2D eigenvalue weighted by molar-refractivity contribution is 0.172. The average Bonchev–Trinajstić information content (AvgIpc) is 1.98. The third kappa shape index (κ3) is 5.75. The summed E-state index contributed by atoms with van der Waals surface area (Å²) in [5, 5.41) is 2.59. The van der Waals surface area contributed by atoms with Crippen LogP contribution in [0.1, 0.15) is 6.92 Å². The van der Waals surface area contributed by atoms with Gasteiger partial charge >= 0.3 is 6.09 Å². The molecule has 0 aromatic heterocycles. The van der Waals surface area contributed by atoms with Crippen molar-refractivity contribution in [3.8, 4) is 0 Å². The molecule has 0 spiro atoms. The number of methoxy groups -OCH3 is 1. The van der Waals surface area contributed by atoms with Gasteiger partial charge in [0.1, 0.15) is 0 Å². The summed E-state index contributed by atoms with van der Waals surface area (Å²) >= 11 is 1.79. The first-order valence-electron chi connectivity index (χ1n) is 3.20. The van der Waals surface area contributed by atoms with Crippen molar-refractivity contribution in [2.75, 3.05) is 25.2 Å². The van der Waals surface area contributed by atoms with Gasteiger partial charge in [-0.15, -0.1) is 0 Å². The first kappa shape index (κ1) is 9.62. The molecule has 10 heavy (non-hydrogen) atoms. The van der Waals surface area contributed by atoms with Gasteiger partial charge in [-0.1, -0.05) is 6.92 Å². The van der Waals surface area contributed by atoms with Crippen LogP contribution in [-0.4, -0.2) is 31.3 Å². The van der Waals surface area contributed by atoms with Gasteiger partial charge in [0.25, 0.3) is 0 Å². The van der Waals surface area contributed by atoms with E-state index in [1.807, 2.05) is 0 Å². The van der Waals surface area contributed by atoms with Gasteiger partial charge in [-0.3, -0.25) is 0 Å². The summed E-state index contributed by atoms with van der Waals surface area (Å²) in [6, 6.07) is 0. The minimum absolute atomic E-state index is 0.350. The molecule has 3 nitrogen and oxygen atoms in total. The molecule has 60 valence electrons. The van der Waals surface area contributed by atoms with Gasteiger partial charge in [0.05, 0.1) is 7.11 Å². The Kier molecular flexibility index (Phi) is 6.48. The molecule has 0 radical (unpaired) electrons. The van der Waals surface area contributed by atoms with E-state index in [9.17, 15) is 4.79 Å². The maximum atomic E-state index is 10.4. The summed E-state index contributed by atoms with van der Waals surface area (Å²) in [6.07, 6.45) is -0.350. The van der Waals surface area contributed by atoms with Crippen molar-refractivity contribution < 1.29 is 9.53 Å². The van der Waals surface area contributed by atoms with Gasteiger partial charge in [0, 0.05) is 12.3 Å². The van der Waals surface area contributed by atoms with Crippen LogP contribution in [-0.2, 0) is 4.74 Å². The summed E-state index contributed by atoms with van der Waals surface area (Å²) in [5.74, 6) is 2.04. The Hall–Kier alpha value is -0.380. The van der Waals surface area contributed by atoms with Gasteiger partial charge in [-0.05, 0) is 5.75 Å². The highest BCUT2D eigenvalue weighted by molar-refractivity contribution is 7.99. The highest BCUT2D eigenvalue weighted by Gasteiger charge is 1.94. The molecule has 0 fully saturated rings. The first-order valence-corrected chi connectivity index (χ1v) is 4.36. The highest BCUT2D eigenvalue weighted by atomic mass is 32.2. The number of nitrogens with one attached hydrogen (secondary N) is 1. The molecule has 0 bridgehead atoms. The Labute approximate surface area is 65.5 Å². The number of carbonyl (C=O) groups excluding carboxylic acids is 1. The van der Waals surface area contributed by atoms with E-state index < -0.39 is 0 Å². The second-order valence-corrected chi connectivity index (χ2v) is 3.01. The van der Waals surface area contributed by atoms with Crippen LogP contribution in [0, 0.1) is 0 Å². The summed E-state index contributed by atoms with van der Waals surface area (Å²) in [4.78, 5) is 10.4. The van der Waals surface area contributed by atoms with Crippen molar-refractivity contribution in [1.82, 2.24) is 5.32 Å². The molecule has 0 heterocycles. The van der Waals surface area contributed by atoms with Gasteiger partial charge in [-0.2, -0.15) is 11.8 Å². The Balaban J connectivity index is 2.96. The zero-order valence-electron chi connectivity index (χ0n) is 6.35. The van der Waals surface area contributed by atoms with E-state index in [-0.39, 0.29) is 6.09 Å². The molecule has 0 aliphatic carbocycles. The predicted molar refractivity (Wildman–Crippen MR) is 43.4 cm³/mol. The van der Waals surface area contributed by atoms with Crippen molar-refractivity contribution in [2.45, 2.75) is 6.92 Å². The lowest BCUT2D eigenvalue weighted by Crippen LogP contribution is -2.25. The molecular weight excluding hydrogens is 150 g/mol. The fourth-order valence-electron chi connectivity index (χ4n) is 0.442. The number of carbonyl (C=O) groups is 1. The quantitative estimate of drug-likeness (QED) is 0.631. The SMILES string of the molecule is CCSCCNC(=O)OC. The van der Waals surface area contributed by atoms with Crippen molar-refractivity contribution in [3.63, 3.8) is 0 Å². The summed E-state index contributed by atoms with van der Waals surface area (Å²) in [5.41, 5.74) is 0. The van der Waals surface area contributed by atoms with Gasteiger partial charge in [0.2, 0.25) is 0 Å². The highest BCUT2D eigenvalue weighted by Crippen LogP contribution is 1.94. The van der Waals surface area contributed by atoms with Crippen molar-refractivity contribution in [1.29, 1.82) is 0 Å². The van der Waals surface area contributed by atoms with Crippen molar-refractivity contribution in [2.24, 2.45) is 0 Å². The lowest BCUT2D eigenvalue weighted by Gasteiger charge is -2.00. The normalized spacial score (nSPS) is 9.00. The monoisotopic (exact) mass is 163 g/mol. The maximum absolute atomic E-state index is 10.4. The summed E-state index contributed by atoms with van der Waals surface area (Å²) in [7, 11) is 1.36. The maximum Gasteiger partial charge on any atom is 0.406 e. The second-order valence-electron chi connectivity index (χ2n) is 1.62. The molecule has 0 saturated carbocycles. The fourth-order valence-corrected chi connectivity index (χ4v) is 0.977. The van der Waals surface area contributed by atoms with E-state index in [0.29, 0.717) is 6.54 Å². The lowest BCUT2D eigenvalue weighted by atomic mass is 10.7. The van der Waals surface area contributed by atoms with Crippen LogP contribution >= 0.6 is 11.8 Å². The fraction of sp³-hybridized carbons (Fsp3) is 0.833. The minimum Gasteiger partial charge on any atom is -0.453 e. The zero-order valence-corrected chi connectivity index (χ0v) is 7.16. The molecule has 0 aliphatic heterocycles. The molecule has 0 atom stereocenters. The molecule has 0 aromatic carbocycles. The van der Waals surface area contributed by atoms with E-state index >= 15 is 0 Å². The number of hydrogen-bond acceptors (Lipinski definition) is 3. The van der Waals surface area contributed by atoms with Gasteiger partial charge in [-0.25, -0.2) is 4.79 Å². The van der Waals surface area contributed by atoms with Crippen LogP contribution in [0.3, 0.4) is 0 Å². The topological polar surface area (TPSA) is 38.3 Å². The van der Waals surface area contributed by atoms with Crippen molar-refractivity contribution in [3.05, 3.63) is 0 Å².